The van der Waals surface area contributed by atoms with Crippen molar-refractivity contribution in [3.8, 4) is 11.5 Å². The molecule has 28 heavy (non-hydrogen) atoms. The van der Waals surface area contributed by atoms with E-state index < -0.39 is 0 Å². The first-order valence-corrected chi connectivity index (χ1v) is 9.93. The largest absolute Gasteiger partial charge is 0.486 e. The first-order valence-electron chi connectivity index (χ1n) is 9.93. The number of amides is 1. The normalized spacial score (nSPS) is 20.8. The molecule has 2 atom stereocenters. The molecule has 0 bridgehead atoms. The number of fused-ring (bicyclic) bond motifs is 1. The third-order valence-electron chi connectivity index (χ3n) is 5.47. The van der Waals surface area contributed by atoms with Crippen molar-refractivity contribution in [1.82, 2.24) is 14.7 Å². The van der Waals surface area contributed by atoms with Gasteiger partial charge in [0.15, 0.2) is 23.3 Å². The van der Waals surface area contributed by atoms with E-state index in [2.05, 4.69) is 17.3 Å². The molecule has 6 nitrogen and oxygen atoms in total. The average molecular weight is 381 g/mol. The first-order chi connectivity index (χ1) is 13.6. The van der Waals surface area contributed by atoms with Crippen molar-refractivity contribution in [2.45, 2.75) is 32.3 Å². The molecule has 148 valence electrons. The third-order valence-corrected chi connectivity index (χ3v) is 5.47. The Morgan fingerprint density at radius 1 is 1.25 bits per heavy atom. The minimum absolute atomic E-state index is 0.0410. The molecule has 0 radical (unpaired) electrons. The van der Waals surface area contributed by atoms with Gasteiger partial charge in [0.2, 0.25) is 0 Å². The summed E-state index contributed by atoms with van der Waals surface area (Å²) in [5, 5.41) is 4.39. The summed E-state index contributed by atoms with van der Waals surface area (Å²) in [5.74, 6) is 1.92. The van der Waals surface area contributed by atoms with E-state index in [1.54, 1.807) is 4.68 Å². The molecule has 2 aliphatic rings. The summed E-state index contributed by atoms with van der Waals surface area (Å²) in [6.45, 7) is 3.59. The van der Waals surface area contributed by atoms with Gasteiger partial charge in [-0.15, -0.1) is 0 Å². The van der Waals surface area contributed by atoms with Crippen LogP contribution in [0.1, 0.15) is 35.4 Å². The lowest BCUT2D eigenvalue weighted by molar-refractivity contribution is 0.0418. The number of hydrogen-bond acceptors (Lipinski definition) is 4. The van der Waals surface area contributed by atoms with Gasteiger partial charge < -0.3 is 14.4 Å². The highest BCUT2D eigenvalue weighted by molar-refractivity contribution is 5.92. The zero-order chi connectivity index (χ0) is 19.5. The molecule has 2 heterocycles. The molecule has 0 fully saturated rings. The van der Waals surface area contributed by atoms with Crippen LogP contribution in [0.2, 0.25) is 0 Å². The molecule has 0 N–H and O–H groups in total. The second-order valence-corrected chi connectivity index (χ2v) is 7.65. The predicted molar refractivity (Wildman–Crippen MR) is 107 cm³/mol. The van der Waals surface area contributed by atoms with Crippen LogP contribution >= 0.6 is 0 Å². The molecule has 0 unspecified atom stereocenters. The van der Waals surface area contributed by atoms with Crippen LogP contribution in [-0.2, 0) is 7.05 Å². The van der Waals surface area contributed by atoms with Gasteiger partial charge in [0.25, 0.3) is 5.91 Å². The van der Waals surface area contributed by atoms with Crippen LogP contribution < -0.4 is 9.47 Å². The van der Waals surface area contributed by atoms with Gasteiger partial charge in [0, 0.05) is 19.3 Å². The van der Waals surface area contributed by atoms with Crippen molar-refractivity contribution in [3.05, 3.63) is 53.9 Å². The Bertz CT molecular complexity index is 854. The molecule has 1 aliphatic carbocycles. The van der Waals surface area contributed by atoms with E-state index in [9.17, 15) is 4.79 Å². The van der Waals surface area contributed by atoms with Crippen LogP contribution in [0.5, 0.6) is 11.5 Å². The summed E-state index contributed by atoms with van der Waals surface area (Å²) in [7, 11) is 1.86. The minimum Gasteiger partial charge on any atom is -0.486 e. The molecule has 2 aromatic rings. The van der Waals surface area contributed by atoms with E-state index >= 15 is 0 Å². The number of rotatable bonds is 5. The summed E-state index contributed by atoms with van der Waals surface area (Å²) in [5.41, 5.74) is 1.46. The fourth-order valence-corrected chi connectivity index (χ4v) is 3.80. The molecule has 0 saturated heterocycles. The zero-order valence-electron chi connectivity index (χ0n) is 16.5. The number of carbonyl (C=O) groups excluding carboxylic acids is 1. The Labute approximate surface area is 165 Å². The van der Waals surface area contributed by atoms with E-state index in [1.807, 2.05) is 49.2 Å². The van der Waals surface area contributed by atoms with Gasteiger partial charge in [0.1, 0.15) is 6.61 Å². The average Bonchev–Trinajstić information content (AvgIpc) is 3.06. The summed E-state index contributed by atoms with van der Waals surface area (Å²) in [6, 6.07) is 9.52. The van der Waals surface area contributed by atoms with Crippen LogP contribution in [0.25, 0.3) is 0 Å². The smallest absolute Gasteiger partial charge is 0.274 e. The Morgan fingerprint density at radius 3 is 2.79 bits per heavy atom. The predicted octanol–water partition coefficient (Wildman–Crippen LogP) is 3.37. The fourth-order valence-electron chi connectivity index (χ4n) is 3.80. The summed E-state index contributed by atoms with van der Waals surface area (Å²) in [4.78, 5) is 15.1. The van der Waals surface area contributed by atoms with Crippen molar-refractivity contribution in [2.75, 3.05) is 19.7 Å². The lowest BCUT2D eigenvalue weighted by atomic mass is 9.93. The molecular weight excluding hydrogens is 354 g/mol. The van der Waals surface area contributed by atoms with Crippen molar-refractivity contribution >= 4 is 5.91 Å². The quantitative estimate of drug-likeness (QED) is 0.745. The lowest BCUT2D eigenvalue weighted by Gasteiger charge is -2.33. The standard InChI is InChI=1S/C22H27N3O3/c1-16-12-19(23-24(16)2)22(26)25(13-17-8-4-3-5-9-17)14-18-15-27-20-10-6-7-11-21(20)28-18/h3-4,6-7,10-12,17-18H,5,8-9,13-15H2,1-2H3/t17-,18+/m1/s1. The van der Waals surface area contributed by atoms with Gasteiger partial charge in [-0.2, -0.15) is 5.10 Å². The second-order valence-electron chi connectivity index (χ2n) is 7.65. The topological polar surface area (TPSA) is 56.6 Å². The number of para-hydroxylation sites is 2. The molecule has 1 aromatic heterocycles. The Kier molecular flexibility index (Phi) is 5.37. The molecule has 0 saturated carbocycles. The highest BCUT2D eigenvalue weighted by Crippen LogP contribution is 2.31. The minimum atomic E-state index is -0.192. The van der Waals surface area contributed by atoms with Crippen molar-refractivity contribution in [3.63, 3.8) is 0 Å². The van der Waals surface area contributed by atoms with E-state index in [-0.39, 0.29) is 12.0 Å². The van der Waals surface area contributed by atoms with Crippen LogP contribution in [-0.4, -0.2) is 46.4 Å². The number of ether oxygens (including phenoxy) is 2. The highest BCUT2D eigenvalue weighted by Gasteiger charge is 2.29. The van der Waals surface area contributed by atoms with E-state index in [0.29, 0.717) is 31.3 Å². The first kappa shape index (κ1) is 18.6. The van der Waals surface area contributed by atoms with Crippen LogP contribution in [0, 0.1) is 12.8 Å². The SMILES string of the molecule is Cc1cc(C(=O)N(C[C@@H]2CC=CCC2)C[C@H]2COc3ccccc3O2)nn1C. The molecule has 1 amide bonds. The maximum atomic E-state index is 13.2. The van der Waals surface area contributed by atoms with E-state index in [1.165, 1.54) is 0 Å². The summed E-state index contributed by atoms with van der Waals surface area (Å²) >= 11 is 0. The van der Waals surface area contributed by atoms with Gasteiger partial charge in [-0.1, -0.05) is 24.3 Å². The van der Waals surface area contributed by atoms with Gasteiger partial charge >= 0.3 is 0 Å². The number of carbonyl (C=O) groups is 1. The van der Waals surface area contributed by atoms with Crippen LogP contribution in [0.3, 0.4) is 0 Å². The van der Waals surface area contributed by atoms with Crippen molar-refractivity contribution in [2.24, 2.45) is 13.0 Å². The monoisotopic (exact) mass is 381 g/mol. The zero-order valence-corrected chi connectivity index (χ0v) is 16.5. The van der Waals surface area contributed by atoms with Gasteiger partial charge in [0.05, 0.1) is 6.54 Å². The van der Waals surface area contributed by atoms with E-state index in [4.69, 9.17) is 9.47 Å². The number of nitrogens with zero attached hydrogens (tertiary/aromatic N) is 3. The lowest BCUT2D eigenvalue weighted by Crippen LogP contribution is -2.45. The highest BCUT2D eigenvalue weighted by atomic mass is 16.6. The maximum absolute atomic E-state index is 13.2. The van der Waals surface area contributed by atoms with Crippen molar-refractivity contribution in [1.29, 1.82) is 0 Å². The molecule has 6 heteroatoms. The molecule has 1 aromatic carbocycles. The molecule has 4 rings (SSSR count). The maximum Gasteiger partial charge on any atom is 0.274 e. The summed E-state index contributed by atoms with van der Waals surface area (Å²) < 4.78 is 13.7. The molecule has 1 aliphatic heterocycles. The van der Waals surface area contributed by atoms with Crippen molar-refractivity contribution < 1.29 is 14.3 Å². The second kappa shape index (κ2) is 8.09. The Hall–Kier alpha value is -2.76. The number of allylic oxidation sites excluding steroid dienone is 2. The molecule has 0 spiro atoms. The van der Waals surface area contributed by atoms with Crippen LogP contribution in [0.15, 0.2) is 42.5 Å². The Balaban J connectivity index is 1.51. The number of aromatic nitrogens is 2. The fraction of sp³-hybridized carbons (Fsp3) is 0.455. The van der Waals surface area contributed by atoms with E-state index in [0.717, 1.165) is 36.5 Å². The Morgan fingerprint density at radius 2 is 2.07 bits per heavy atom. The van der Waals surface area contributed by atoms with Gasteiger partial charge in [-0.3, -0.25) is 9.48 Å². The summed E-state index contributed by atoms with van der Waals surface area (Å²) in [6.07, 6.45) is 7.44. The number of hydrogen-bond donors (Lipinski definition) is 0. The number of benzene rings is 1. The van der Waals surface area contributed by atoms with Gasteiger partial charge in [-0.25, -0.2) is 0 Å². The van der Waals surface area contributed by atoms with Gasteiger partial charge in [-0.05, 0) is 50.3 Å². The van der Waals surface area contributed by atoms with Crippen LogP contribution in [0.4, 0.5) is 0 Å². The molecular formula is C22H27N3O3. The third kappa shape index (κ3) is 4.06. The number of aryl methyl sites for hydroxylation is 2.